The second-order valence-electron chi connectivity index (χ2n) is 5.89. The van der Waals surface area contributed by atoms with Crippen LogP contribution in [0, 0.1) is 17.7 Å². The zero-order chi connectivity index (χ0) is 17.7. The minimum Gasteiger partial charge on any atom is -0.443 e. The van der Waals surface area contributed by atoms with Crippen LogP contribution in [0.5, 0.6) is 0 Å². The lowest BCUT2D eigenvalue weighted by Gasteiger charge is -2.26. The lowest BCUT2D eigenvalue weighted by atomic mass is 10.2. The summed E-state index contributed by atoms with van der Waals surface area (Å²) in [5, 5.41) is 0. The molecule has 0 heterocycles. The molecular formula is C16H20BrNO4S. The van der Waals surface area contributed by atoms with Gasteiger partial charge in [-0.25, -0.2) is 13.2 Å². The summed E-state index contributed by atoms with van der Waals surface area (Å²) in [7, 11) is -3.99. The Kier molecular flexibility index (Phi) is 6.66. The van der Waals surface area contributed by atoms with Crippen LogP contribution in [0.1, 0.15) is 32.8 Å². The Hall–Kier alpha value is -1.52. The van der Waals surface area contributed by atoms with Crippen molar-refractivity contribution in [3.05, 3.63) is 29.8 Å². The predicted octanol–water partition coefficient (Wildman–Crippen LogP) is 3.67. The molecule has 0 N–H and O–H groups in total. The average molecular weight is 402 g/mol. The monoisotopic (exact) mass is 401 g/mol. The van der Waals surface area contributed by atoms with E-state index in [-0.39, 0.29) is 17.9 Å². The number of hydrogen-bond acceptors (Lipinski definition) is 4. The Morgan fingerprint density at radius 2 is 1.83 bits per heavy atom. The molecule has 5 nitrogen and oxygen atoms in total. The molecule has 1 rings (SSSR count). The van der Waals surface area contributed by atoms with Crippen LogP contribution in [0.3, 0.4) is 0 Å². The van der Waals surface area contributed by atoms with E-state index in [0.29, 0.717) is 0 Å². The van der Waals surface area contributed by atoms with E-state index in [9.17, 15) is 13.2 Å². The van der Waals surface area contributed by atoms with E-state index in [4.69, 9.17) is 4.74 Å². The molecule has 126 valence electrons. The molecule has 1 aromatic carbocycles. The normalized spacial score (nSPS) is 11.3. The van der Waals surface area contributed by atoms with Crippen LogP contribution in [-0.2, 0) is 14.8 Å². The van der Waals surface area contributed by atoms with Gasteiger partial charge in [0, 0.05) is 22.4 Å². The average Bonchev–Trinajstić information content (AvgIpc) is 2.41. The van der Waals surface area contributed by atoms with Gasteiger partial charge in [-0.1, -0.05) is 23.6 Å². The number of ether oxygens (including phenoxy) is 1. The van der Waals surface area contributed by atoms with Crippen molar-refractivity contribution >= 4 is 32.0 Å². The van der Waals surface area contributed by atoms with Gasteiger partial charge >= 0.3 is 6.09 Å². The van der Waals surface area contributed by atoms with Gasteiger partial charge in [0.15, 0.2) is 0 Å². The Morgan fingerprint density at radius 3 is 2.30 bits per heavy atom. The molecule has 1 amide bonds. The number of benzene rings is 1. The Morgan fingerprint density at radius 1 is 1.26 bits per heavy atom. The van der Waals surface area contributed by atoms with Crippen molar-refractivity contribution < 1.29 is 17.9 Å². The van der Waals surface area contributed by atoms with Crippen LogP contribution in [0.15, 0.2) is 29.2 Å². The number of halogens is 1. The number of carbonyl (C=O) groups is 1. The smallest absolute Gasteiger partial charge is 0.424 e. The van der Waals surface area contributed by atoms with Crippen molar-refractivity contribution in [3.63, 3.8) is 0 Å². The van der Waals surface area contributed by atoms with Gasteiger partial charge < -0.3 is 4.74 Å². The summed E-state index contributed by atoms with van der Waals surface area (Å²) in [6.45, 7) is 6.82. The fourth-order valence-corrected chi connectivity index (χ4v) is 3.16. The molecule has 0 spiro atoms. The maximum atomic E-state index is 12.7. The summed E-state index contributed by atoms with van der Waals surface area (Å²) in [6, 6.07) is 6.30. The SMILES string of the molecule is Cc1ccc(S(=O)(=O)N(CCC#CBr)C(=O)OC(C)(C)C)cc1. The van der Waals surface area contributed by atoms with Crippen molar-refractivity contribution in [2.24, 2.45) is 0 Å². The highest BCUT2D eigenvalue weighted by atomic mass is 79.9. The zero-order valence-corrected chi connectivity index (χ0v) is 16.0. The Labute approximate surface area is 146 Å². The maximum absolute atomic E-state index is 12.7. The van der Waals surface area contributed by atoms with Gasteiger partial charge in [-0.2, -0.15) is 4.31 Å². The van der Waals surface area contributed by atoms with Crippen molar-refractivity contribution in [2.75, 3.05) is 6.54 Å². The fraction of sp³-hybridized carbons (Fsp3) is 0.438. The van der Waals surface area contributed by atoms with E-state index >= 15 is 0 Å². The molecule has 0 saturated carbocycles. The molecule has 0 aromatic heterocycles. The van der Waals surface area contributed by atoms with E-state index < -0.39 is 21.7 Å². The number of amides is 1. The number of aryl methyl sites for hydroxylation is 1. The first kappa shape index (κ1) is 19.5. The van der Waals surface area contributed by atoms with Gasteiger partial charge in [0.05, 0.1) is 11.4 Å². The van der Waals surface area contributed by atoms with Crippen molar-refractivity contribution in [1.29, 1.82) is 0 Å². The third-order valence-electron chi connectivity index (χ3n) is 2.71. The molecular weight excluding hydrogens is 382 g/mol. The molecule has 1 aromatic rings. The Bertz CT molecular complexity index is 709. The number of carbonyl (C=O) groups excluding carboxylic acids is 1. The number of hydrogen-bond donors (Lipinski definition) is 0. The fourth-order valence-electron chi connectivity index (χ4n) is 1.66. The lowest BCUT2D eigenvalue weighted by Crippen LogP contribution is -2.41. The number of sulfonamides is 1. The number of rotatable bonds is 4. The van der Waals surface area contributed by atoms with E-state index in [1.165, 1.54) is 12.1 Å². The first-order valence-electron chi connectivity index (χ1n) is 6.99. The maximum Gasteiger partial charge on any atom is 0.424 e. The molecule has 0 aliphatic rings. The minimum atomic E-state index is -3.99. The first-order valence-corrected chi connectivity index (χ1v) is 9.22. The van der Waals surface area contributed by atoms with Crippen molar-refractivity contribution in [2.45, 2.75) is 44.6 Å². The molecule has 0 aliphatic carbocycles. The summed E-state index contributed by atoms with van der Waals surface area (Å²) in [5.41, 5.74) is 0.136. The summed E-state index contributed by atoms with van der Waals surface area (Å²) >= 11 is 2.94. The van der Waals surface area contributed by atoms with Crippen LogP contribution in [0.4, 0.5) is 4.79 Å². The molecule has 0 fully saturated rings. The van der Waals surface area contributed by atoms with Crippen molar-refractivity contribution in [1.82, 2.24) is 4.31 Å². The van der Waals surface area contributed by atoms with E-state index in [2.05, 4.69) is 26.7 Å². The zero-order valence-electron chi connectivity index (χ0n) is 13.6. The largest absolute Gasteiger partial charge is 0.443 e. The third-order valence-corrected chi connectivity index (χ3v) is 4.77. The Balaban J connectivity index is 3.17. The summed E-state index contributed by atoms with van der Waals surface area (Å²) < 4.78 is 31.4. The molecule has 0 radical (unpaired) electrons. The highest BCUT2D eigenvalue weighted by molar-refractivity contribution is 9.12. The summed E-state index contributed by atoms with van der Waals surface area (Å²) in [6.07, 6.45) is -0.704. The minimum absolute atomic E-state index is 0.0424. The summed E-state index contributed by atoms with van der Waals surface area (Å²) in [5.74, 6) is 2.68. The second-order valence-corrected chi connectivity index (χ2v) is 8.15. The lowest BCUT2D eigenvalue weighted by molar-refractivity contribution is 0.0393. The van der Waals surface area contributed by atoms with Gasteiger partial charge in [0.25, 0.3) is 10.0 Å². The third kappa shape index (κ3) is 5.88. The van der Waals surface area contributed by atoms with Crippen LogP contribution in [0.2, 0.25) is 0 Å². The van der Waals surface area contributed by atoms with Gasteiger partial charge in [-0.3, -0.25) is 0 Å². The molecule has 0 bridgehead atoms. The van der Waals surface area contributed by atoms with E-state index in [1.54, 1.807) is 32.9 Å². The first-order chi connectivity index (χ1) is 10.6. The molecule has 0 saturated heterocycles. The van der Waals surface area contributed by atoms with Crippen LogP contribution in [-0.4, -0.2) is 31.0 Å². The number of nitrogens with zero attached hydrogens (tertiary/aromatic N) is 1. The van der Waals surface area contributed by atoms with Gasteiger partial charge in [0.2, 0.25) is 0 Å². The molecule has 0 atom stereocenters. The molecule has 23 heavy (non-hydrogen) atoms. The molecule has 0 unspecified atom stereocenters. The molecule has 0 aliphatic heterocycles. The van der Waals surface area contributed by atoms with Crippen LogP contribution < -0.4 is 0 Å². The van der Waals surface area contributed by atoms with Gasteiger partial charge in [-0.15, -0.1) is 0 Å². The highest BCUT2D eigenvalue weighted by Gasteiger charge is 2.32. The topological polar surface area (TPSA) is 63.7 Å². The molecule has 7 heteroatoms. The van der Waals surface area contributed by atoms with Gasteiger partial charge in [-0.05, 0) is 44.7 Å². The standard InChI is InChI=1S/C16H20BrNO4S/c1-13-7-9-14(10-8-13)23(20,21)18(12-6-5-11-17)15(19)22-16(2,3)4/h7-10H,6,12H2,1-4H3. The highest BCUT2D eigenvalue weighted by Crippen LogP contribution is 2.20. The summed E-state index contributed by atoms with van der Waals surface area (Å²) in [4.78, 5) is 14.8. The predicted molar refractivity (Wildman–Crippen MR) is 92.6 cm³/mol. The second kappa shape index (κ2) is 7.84. The van der Waals surface area contributed by atoms with Crippen LogP contribution >= 0.6 is 15.9 Å². The van der Waals surface area contributed by atoms with Crippen molar-refractivity contribution in [3.8, 4) is 10.8 Å². The quantitative estimate of drug-likeness (QED) is 0.721. The van der Waals surface area contributed by atoms with E-state index in [0.717, 1.165) is 9.87 Å². The van der Waals surface area contributed by atoms with E-state index in [1.807, 2.05) is 6.92 Å². The van der Waals surface area contributed by atoms with Crippen LogP contribution in [0.25, 0.3) is 0 Å². The van der Waals surface area contributed by atoms with Gasteiger partial charge in [0.1, 0.15) is 5.60 Å².